The Kier molecular flexibility index (Phi) is 8.08. The molecule has 0 fully saturated rings. The van der Waals surface area contributed by atoms with Crippen LogP contribution >= 0.6 is 11.3 Å². The highest BCUT2D eigenvalue weighted by molar-refractivity contribution is 7.25. The van der Waals surface area contributed by atoms with E-state index in [4.69, 9.17) is 0 Å². The average Bonchev–Trinajstić information content (AvgIpc) is 3.81. The van der Waals surface area contributed by atoms with Crippen LogP contribution in [0.3, 0.4) is 0 Å². The molecule has 0 nitrogen and oxygen atoms in total. The smallest absolute Gasteiger partial charge is 0.0713 e. The zero-order valence-corrected chi connectivity index (χ0v) is 32.2. The van der Waals surface area contributed by atoms with E-state index < -0.39 is 5.41 Å². The molecule has 11 rings (SSSR count). The van der Waals surface area contributed by atoms with E-state index in [0.717, 1.165) is 0 Å². The van der Waals surface area contributed by atoms with Crippen molar-refractivity contribution in [2.45, 2.75) is 11.3 Å². The number of rotatable bonds is 7. The van der Waals surface area contributed by atoms with E-state index in [1.165, 1.54) is 92.5 Å². The van der Waals surface area contributed by atoms with Crippen molar-refractivity contribution in [2.75, 3.05) is 0 Å². The number of fused-ring (bicyclic) bond motifs is 6. The molecule has 0 N–H and O–H groups in total. The third-order valence-electron chi connectivity index (χ3n) is 12.1. The van der Waals surface area contributed by atoms with E-state index in [0.29, 0.717) is 0 Å². The van der Waals surface area contributed by atoms with Gasteiger partial charge >= 0.3 is 0 Å². The molecule has 0 aliphatic heterocycles. The van der Waals surface area contributed by atoms with Crippen LogP contribution in [-0.4, -0.2) is 0 Å². The van der Waals surface area contributed by atoms with Crippen LogP contribution in [0.5, 0.6) is 0 Å². The zero-order chi connectivity index (χ0) is 37.8. The van der Waals surface area contributed by atoms with Gasteiger partial charge in [-0.25, -0.2) is 0 Å². The summed E-state index contributed by atoms with van der Waals surface area (Å²) in [5.74, 6) is 0.0512. The van der Waals surface area contributed by atoms with Crippen molar-refractivity contribution >= 4 is 31.5 Å². The minimum Gasteiger partial charge on any atom is -0.135 e. The van der Waals surface area contributed by atoms with E-state index >= 15 is 0 Å². The maximum atomic E-state index is 2.49. The molecule has 0 radical (unpaired) electrons. The number of benzene rings is 9. The lowest BCUT2D eigenvalue weighted by molar-refractivity contribution is 0.770. The highest BCUT2D eigenvalue weighted by Gasteiger charge is 2.46. The first-order valence-electron chi connectivity index (χ1n) is 19.8. The molecule has 1 heterocycles. The van der Waals surface area contributed by atoms with Crippen LogP contribution in [-0.2, 0) is 5.41 Å². The molecule has 9 aromatic carbocycles. The Morgan fingerprint density at radius 1 is 0.316 bits per heavy atom. The number of hydrogen-bond donors (Lipinski definition) is 0. The molecule has 0 bridgehead atoms. The van der Waals surface area contributed by atoms with Crippen LogP contribution < -0.4 is 0 Å². The maximum Gasteiger partial charge on any atom is 0.0713 e. The van der Waals surface area contributed by atoms with Gasteiger partial charge in [0.15, 0.2) is 0 Å². The highest BCUT2D eigenvalue weighted by atomic mass is 32.1. The highest BCUT2D eigenvalue weighted by Crippen LogP contribution is 2.56. The maximum absolute atomic E-state index is 2.49. The molecule has 0 saturated heterocycles. The van der Waals surface area contributed by atoms with Crippen molar-refractivity contribution in [2.24, 2.45) is 0 Å². The summed E-state index contributed by atoms with van der Waals surface area (Å²) in [7, 11) is 0. The second-order valence-electron chi connectivity index (χ2n) is 15.2. The van der Waals surface area contributed by atoms with E-state index in [1.54, 1.807) is 0 Å². The molecule has 0 unspecified atom stereocenters. The number of hydrogen-bond acceptors (Lipinski definition) is 1. The Bertz CT molecular complexity index is 2940. The second kappa shape index (κ2) is 13.7. The van der Waals surface area contributed by atoms with E-state index in [2.05, 4.69) is 224 Å². The quantitative estimate of drug-likeness (QED) is 0.143. The summed E-state index contributed by atoms with van der Waals surface area (Å²) in [5.41, 5.74) is 16.3. The van der Waals surface area contributed by atoms with Crippen LogP contribution in [0, 0.1) is 0 Å². The zero-order valence-electron chi connectivity index (χ0n) is 31.3. The summed E-state index contributed by atoms with van der Waals surface area (Å²) in [4.78, 5) is 0. The van der Waals surface area contributed by atoms with Crippen molar-refractivity contribution in [3.8, 4) is 33.4 Å². The molecular weight excluding hydrogens is 705 g/mol. The molecule has 1 aromatic heterocycles. The van der Waals surface area contributed by atoms with Gasteiger partial charge < -0.3 is 0 Å². The molecule has 1 aliphatic carbocycles. The SMILES string of the molecule is c1ccc(-c2cccc(C(c3cccc(-c4ccccc4)c3)c3ccc4c(c3)sc3ccc(C5(c6ccccc6)c6ccccc6-c6ccccc65)cc34)c2)cc1. The summed E-state index contributed by atoms with van der Waals surface area (Å²) in [6.45, 7) is 0. The van der Waals surface area contributed by atoms with Gasteiger partial charge in [0.05, 0.1) is 5.41 Å². The third-order valence-corrected chi connectivity index (χ3v) is 13.2. The fourth-order valence-corrected chi connectivity index (χ4v) is 10.7. The van der Waals surface area contributed by atoms with Gasteiger partial charge in [0.25, 0.3) is 0 Å². The van der Waals surface area contributed by atoms with Gasteiger partial charge in [-0.1, -0.05) is 206 Å². The van der Waals surface area contributed by atoms with Gasteiger partial charge in [0.1, 0.15) is 0 Å². The van der Waals surface area contributed by atoms with Gasteiger partial charge in [-0.2, -0.15) is 0 Å². The molecule has 0 saturated carbocycles. The van der Waals surface area contributed by atoms with Crippen molar-refractivity contribution < 1.29 is 0 Å². The first kappa shape index (κ1) is 33.5. The van der Waals surface area contributed by atoms with E-state index in [-0.39, 0.29) is 5.92 Å². The Morgan fingerprint density at radius 2 is 0.825 bits per heavy atom. The Hall–Kier alpha value is -6.80. The molecule has 1 heteroatoms. The van der Waals surface area contributed by atoms with Crippen LogP contribution in [0.1, 0.15) is 44.9 Å². The second-order valence-corrected chi connectivity index (χ2v) is 16.3. The lowest BCUT2D eigenvalue weighted by atomic mass is 9.67. The molecule has 0 atom stereocenters. The fraction of sp³-hybridized carbons (Fsp3) is 0.0357. The Balaban J connectivity index is 1.09. The first-order chi connectivity index (χ1) is 28.3. The van der Waals surface area contributed by atoms with Gasteiger partial charge in [-0.3, -0.25) is 0 Å². The lowest BCUT2D eigenvalue weighted by Crippen LogP contribution is -2.28. The first-order valence-corrected chi connectivity index (χ1v) is 20.6. The van der Waals surface area contributed by atoms with Gasteiger partial charge in [-0.15, -0.1) is 11.3 Å². The monoisotopic (exact) mass is 742 g/mol. The minimum atomic E-state index is -0.421. The summed E-state index contributed by atoms with van der Waals surface area (Å²) < 4.78 is 2.62. The van der Waals surface area contributed by atoms with Crippen LogP contribution in [0.4, 0.5) is 0 Å². The standard InChI is InChI=1S/C56H38S/c1-4-16-38(17-5-1)40-20-14-22-42(34-40)55(43-23-15-21-41(35-43)39-18-6-2-7-19-39)44-30-32-49-50-37-46(31-33-53(50)57-54(49)36-44)56(45-24-8-3-9-25-45)51-28-12-10-26-47(51)48-27-11-13-29-52(48)56/h1-37,55H. The normalized spacial score (nSPS) is 12.9. The molecule has 0 amide bonds. The van der Waals surface area contributed by atoms with Crippen molar-refractivity contribution in [1.82, 2.24) is 0 Å². The van der Waals surface area contributed by atoms with Crippen LogP contribution in [0.25, 0.3) is 53.6 Å². The summed E-state index contributed by atoms with van der Waals surface area (Å²) >= 11 is 1.90. The predicted octanol–water partition coefficient (Wildman–Crippen LogP) is 14.9. The van der Waals surface area contributed by atoms with E-state index in [1.807, 2.05) is 11.3 Å². The average molecular weight is 743 g/mol. The largest absolute Gasteiger partial charge is 0.135 e. The van der Waals surface area contributed by atoms with Crippen LogP contribution in [0.15, 0.2) is 224 Å². The Labute approximate surface area is 338 Å². The summed E-state index contributed by atoms with van der Waals surface area (Å²) in [6.07, 6.45) is 0. The molecule has 10 aromatic rings. The summed E-state index contributed by atoms with van der Waals surface area (Å²) in [6, 6.07) is 83.3. The number of thiophene rings is 1. The fourth-order valence-electron chi connectivity index (χ4n) is 9.55. The molecule has 57 heavy (non-hydrogen) atoms. The molecule has 0 spiro atoms. The molecule has 268 valence electrons. The summed E-state index contributed by atoms with van der Waals surface area (Å²) in [5, 5.41) is 2.61. The Morgan fingerprint density at radius 3 is 1.42 bits per heavy atom. The minimum absolute atomic E-state index is 0.0512. The van der Waals surface area contributed by atoms with Crippen molar-refractivity contribution in [3.63, 3.8) is 0 Å². The third kappa shape index (κ3) is 5.50. The van der Waals surface area contributed by atoms with Gasteiger partial charge in [0.2, 0.25) is 0 Å². The topological polar surface area (TPSA) is 0 Å². The molecule has 1 aliphatic rings. The van der Waals surface area contributed by atoms with Gasteiger partial charge in [0, 0.05) is 26.1 Å². The van der Waals surface area contributed by atoms with Crippen molar-refractivity contribution in [3.05, 3.63) is 263 Å². The van der Waals surface area contributed by atoms with Crippen molar-refractivity contribution in [1.29, 1.82) is 0 Å². The van der Waals surface area contributed by atoms with E-state index in [9.17, 15) is 0 Å². The molecular formula is C56H38S. The lowest BCUT2D eigenvalue weighted by Gasteiger charge is -2.34. The van der Waals surface area contributed by atoms with Gasteiger partial charge in [-0.05, 0) is 90.5 Å². The van der Waals surface area contributed by atoms with Crippen LogP contribution in [0.2, 0.25) is 0 Å². The predicted molar refractivity (Wildman–Crippen MR) is 241 cm³/mol.